The lowest BCUT2D eigenvalue weighted by Crippen LogP contribution is -2.12. The Labute approximate surface area is 73.6 Å². The lowest BCUT2D eigenvalue weighted by Gasteiger charge is -2.01. The van der Waals surface area contributed by atoms with E-state index in [0.717, 1.165) is 15.7 Å². The average molecular weight is 192 g/mol. The van der Waals surface area contributed by atoms with Crippen molar-refractivity contribution in [3.05, 3.63) is 0 Å². The van der Waals surface area contributed by atoms with Crippen LogP contribution in [-0.4, -0.2) is 34.5 Å². The molecule has 0 aromatic heterocycles. The fourth-order valence-corrected chi connectivity index (χ4v) is 4.37. The molecule has 11 heavy (non-hydrogen) atoms. The van der Waals surface area contributed by atoms with Gasteiger partial charge in [0.2, 0.25) is 0 Å². The minimum atomic E-state index is -0.0965. The van der Waals surface area contributed by atoms with Crippen molar-refractivity contribution in [1.29, 1.82) is 0 Å². The number of esters is 1. The van der Waals surface area contributed by atoms with Gasteiger partial charge in [0.25, 0.3) is 0 Å². The molecule has 0 aliphatic carbocycles. The van der Waals surface area contributed by atoms with Crippen molar-refractivity contribution in [2.45, 2.75) is 6.92 Å². The van der Waals surface area contributed by atoms with Crippen molar-refractivity contribution in [3.8, 4) is 0 Å². The van der Waals surface area contributed by atoms with Crippen LogP contribution in [0.3, 0.4) is 0 Å². The van der Waals surface area contributed by atoms with Gasteiger partial charge in [-0.1, -0.05) is 0 Å². The van der Waals surface area contributed by atoms with E-state index < -0.39 is 0 Å². The lowest BCUT2D eigenvalue weighted by molar-refractivity contribution is -0.134. The number of carbonyl (C=O) groups excluding carboxylic acids is 1. The van der Waals surface area contributed by atoms with E-state index in [-0.39, 0.29) is 16.5 Å². The first-order valence-electron chi connectivity index (χ1n) is 3.55. The van der Waals surface area contributed by atoms with Crippen molar-refractivity contribution in [1.82, 2.24) is 0 Å². The minimum Gasteiger partial charge on any atom is -0.462 e. The van der Waals surface area contributed by atoms with Crippen molar-refractivity contribution in [3.63, 3.8) is 0 Å². The molecule has 0 aromatic carbocycles. The summed E-state index contributed by atoms with van der Waals surface area (Å²) in [5.74, 6) is 2.12. The molecule has 2 nitrogen and oxygen atoms in total. The van der Waals surface area contributed by atoms with Crippen LogP contribution in [0, 0.1) is 0 Å². The molecule has 0 saturated heterocycles. The maximum Gasteiger partial charge on any atom is 0.350 e. The summed E-state index contributed by atoms with van der Waals surface area (Å²) in [6.45, 7) is 2.33. The van der Waals surface area contributed by atoms with Crippen molar-refractivity contribution in [2.75, 3.05) is 24.4 Å². The Bertz CT molecular complexity index is 199. The summed E-state index contributed by atoms with van der Waals surface area (Å²) in [4.78, 5) is 11.2. The monoisotopic (exact) mass is 192 g/mol. The second kappa shape index (κ2) is 4.16. The highest BCUT2D eigenvalue weighted by molar-refractivity contribution is 8.38. The van der Waals surface area contributed by atoms with Gasteiger partial charge in [-0.15, -0.1) is 11.8 Å². The van der Waals surface area contributed by atoms with Gasteiger partial charge in [0, 0.05) is 5.75 Å². The van der Waals surface area contributed by atoms with Gasteiger partial charge in [0.1, 0.15) is 4.20 Å². The van der Waals surface area contributed by atoms with Gasteiger partial charge in [0.05, 0.1) is 6.61 Å². The van der Waals surface area contributed by atoms with Gasteiger partial charge < -0.3 is 4.74 Å². The summed E-state index contributed by atoms with van der Waals surface area (Å²) < 4.78 is 5.84. The summed E-state index contributed by atoms with van der Waals surface area (Å²) in [5.41, 5.74) is 0. The van der Waals surface area contributed by atoms with Crippen LogP contribution in [0.5, 0.6) is 0 Å². The van der Waals surface area contributed by atoms with Gasteiger partial charge in [-0.2, -0.15) is 10.5 Å². The van der Waals surface area contributed by atoms with E-state index in [1.807, 2.05) is 6.92 Å². The van der Waals surface area contributed by atoms with E-state index in [0.29, 0.717) is 6.61 Å². The topological polar surface area (TPSA) is 26.3 Å². The highest BCUT2D eigenvalue weighted by Crippen LogP contribution is 2.27. The van der Waals surface area contributed by atoms with E-state index in [2.05, 4.69) is 6.26 Å². The van der Waals surface area contributed by atoms with Crippen molar-refractivity contribution < 1.29 is 9.53 Å². The van der Waals surface area contributed by atoms with E-state index >= 15 is 0 Å². The normalized spacial score (nSPS) is 23.8. The Kier molecular flexibility index (Phi) is 3.45. The zero-order valence-electron chi connectivity index (χ0n) is 6.75. The number of carbonyl (C=O) groups is 1. The maximum absolute atomic E-state index is 11.2. The standard InChI is InChI=1S/C7H12O2S2/c1-3-9-6(8)7-10-4-5-11(7)2/h3-5H2,1-2H3. The molecule has 0 aromatic rings. The Morgan fingerprint density at radius 1 is 1.82 bits per heavy atom. The minimum absolute atomic E-state index is 0.0965. The zero-order chi connectivity index (χ0) is 8.27. The van der Waals surface area contributed by atoms with E-state index in [4.69, 9.17) is 4.74 Å². The molecule has 0 fully saturated rings. The molecule has 0 bridgehead atoms. The van der Waals surface area contributed by atoms with Gasteiger partial charge >= 0.3 is 5.97 Å². The molecular weight excluding hydrogens is 180 g/mol. The second-order valence-electron chi connectivity index (χ2n) is 2.20. The van der Waals surface area contributed by atoms with Crippen LogP contribution in [0.2, 0.25) is 0 Å². The largest absolute Gasteiger partial charge is 0.462 e. The fraction of sp³-hybridized carbons (Fsp3) is 0.714. The van der Waals surface area contributed by atoms with Crippen LogP contribution in [0.4, 0.5) is 0 Å². The predicted octanol–water partition coefficient (Wildman–Crippen LogP) is 1.32. The van der Waals surface area contributed by atoms with Gasteiger partial charge in [0.15, 0.2) is 0 Å². The van der Waals surface area contributed by atoms with E-state index in [1.54, 1.807) is 11.8 Å². The van der Waals surface area contributed by atoms with Crippen LogP contribution in [0.25, 0.3) is 0 Å². The van der Waals surface area contributed by atoms with Crippen LogP contribution in [0.15, 0.2) is 0 Å². The SMILES string of the molecule is CCOC(=O)C1=S(C)CCS1. The molecule has 0 N–H and O–H groups in total. The third-order valence-corrected chi connectivity index (χ3v) is 5.30. The van der Waals surface area contributed by atoms with Crippen molar-refractivity contribution in [2.24, 2.45) is 0 Å². The number of ether oxygens (including phenoxy) is 1. The Morgan fingerprint density at radius 2 is 2.55 bits per heavy atom. The van der Waals surface area contributed by atoms with Gasteiger partial charge in [-0.25, -0.2) is 4.79 Å². The van der Waals surface area contributed by atoms with Gasteiger partial charge in [-0.3, -0.25) is 0 Å². The molecule has 1 unspecified atom stereocenters. The molecule has 1 atom stereocenters. The number of rotatable bonds is 2. The summed E-state index contributed by atoms with van der Waals surface area (Å²) in [6.07, 6.45) is 2.10. The van der Waals surface area contributed by atoms with Crippen LogP contribution < -0.4 is 0 Å². The van der Waals surface area contributed by atoms with Crippen LogP contribution >= 0.6 is 22.2 Å². The molecule has 0 saturated carbocycles. The average Bonchev–Trinajstić information content (AvgIpc) is 2.36. The maximum atomic E-state index is 11.2. The van der Waals surface area contributed by atoms with E-state index in [9.17, 15) is 4.79 Å². The van der Waals surface area contributed by atoms with Gasteiger partial charge in [-0.05, 0) is 18.9 Å². The predicted molar refractivity (Wildman–Crippen MR) is 52.5 cm³/mol. The lowest BCUT2D eigenvalue weighted by atomic mass is 10.8. The summed E-state index contributed by atoms with van der Waals surface area (Å²) in [6, 6.07) is 0. The molecule has 0 amide bonds. The second-order valence-corrected chi connectivity index (χ2v) is 5.65. The van der Waals surface area contributed by atoms with Crippen molar-refractivity contribution >= 4 is 32.4 Å². The van der Waals surface area contributed by atoms with Crippen LogP contribution in [-0.2, 0) is 9.53 Å². The molecule has 1 rings (SSSR count). The molecule has 4 heteroatoms. The van der Waals surface area contributed by atoms with Crippen LogP contribution in [0.1, 0.15) is 6.92 Å². The number of hydrogen-bond acceptors (Lipinski definition) is 3. The summed E-state index contributed by atoms with van der Waals surface area (Å²) in [7, 11) is 0.163. The molecular formula is C7H12O2S2. The highest BCUT2D eigenvalue weighted by Gasteiger charge is 2.18. The third kappa shape index (κ3) is 2.24. The smallest absolute Gasteiger partial charge is 0.350 e. The Morgan fingerprint density at radius 3 is 3.00 bits per heavy atom. The molecule has 0 radical (unpaired) electrons. The van der Waals surface area contributed by atoms with E-state index in [1.165, 1.54) is 0 Å². The zero-order valence-corrected chi connectivity index (χ0v) is 8.39. The third-order valence-electron chi connectivity index (χ3n) is 1.38. The summed E-state index contributed by atoms with van der Waals surface area (Å²) >= 11 is 1.65. The first-order valence-corrected chi connectivity index (χ1v) is 6.34. The highest BCUT2D eigenvalue weighted by atomic mass is 32.2. The Balaban J connectivity index is 2.59. The molecule has 1 aliphatic rings. The summed E-state index contributed by atoms with van der Waals surface area (Å²) in [5, 5.41) is 0. The molecule has 0 spiro atoms. The quantitative estimate of drug-likeness (QED) is 0.487. The number of thioether (sulfide) groups is 1. The number of hydrogen-bond donors (Lipinski definition) is 0. The Hall–Kier alpha value is 0.0400. The molecule has 1 heterocycles. The first-order chi connectivity index (χ1) is 5.25. The fourth-order valence-electron chi connectivity index (χ4n) is 0.844. The molecule has 1 aliphatic heterocycles. The first kappa shape index (κ1) is 9.13. The molecule has 64 valence electrons.